The van der Waals surface area contributed by atoms with E-state index in [0.717, 1.165) is 68.1 Å². The number of piperazine rings is 1. The van der Waals surface area contributed by atoms with Gasteiger partial charge in [0, 0.05) is 70.0 Å². The Hall–Kier alpha value is -4.58. The van der Waals surface area contributed by atoms with Crippen molar-refractivity contribution in [2.75, 3.05) is 39.3 Å². The minimum absolute atomic E-state index is 0.0984. The number of fused-ring (bicyclic) bond motifs is 1. The summed E-state index contributed by atoms with van der Waals surface area (Å²) in [5, 5.41) is 17.8. The summed E-state index contributed by atoms with van der Waals surface area (Å²) >= 11 is 0. The second-order valence-electron chi connectivity index (χ2n) is 11.9. The van der Waals surface area contributed by atoms with E-state index in [1.807, 2.05) is 20.8 Å². The maximum absolute atomic E-state index is 12.5. The average molecular weight is 645 g/mol. The zero-order valence-corrected chi connectivity index (χ0v) is 27.2. The van der Waals surface area contributed by atoms with Gasteiger partial charge in [-0.25, -0.2) is 9.59 Å². The standard InChI is InChI=1S/C34H42N4O3.C2H2O4/c1-26-33-30(25-40-34(2,3)41-33)29(24-36-26)16-17-31(39)35-18-10-11-19-37-20-22-38(23-21-37)32(27-12-6-4-7-13-27)28-14-8-5-9-15-28;3-1(4)2(5)6/h4-9,12-17,24,32H,10-11,18-23,25H2,1-3H3,(H,35,39);(H,3,4)(H,5,6)/b17-16+;. The smallest absolute Gasteiger partial charge is 0.414 e. The molecular formula is C36H44N4O7. The molecule has 1 fully saturated rings. The van der Waals surface area contributed by atoms with Crippen molar-refractivity contribution in [2.24, 2.45) is 0 Å². The van der Waals surface area contributed by atoms with E-state index >= 15 is 0 Å². The second kappa shape index (κ2) is 16.8. The number of hydrogen-bond acceptors (Lipinski definition) is 8. The van der Waals surface area contributed by atoms with Gasteiger partial charge >= 0.3 is 11.9 Å². The molecule has 3 heterocycles. The maximum Gasteiger partial charge on any atom is 0.414 e. The van der Waals surface area contributed by atoms with E-state index in [1.54, 1.807) is 18.3 Å². The number of ether oxygens (including phenoxy) is 2. The molecule has 2 aromatic carbocycles. The van der Waals surface area contributed by atoms with E-state index in [0.29, 0.717) is 13.2 Å². The highest BCUT2D eigenvalue weighted by Crippen LogP contribution is 2.35. The van der Waals surface area contributed by atoms with Crippen LogP contribution in [0.2, 0.25) is 0 Å². The fourth-order valence-electron chi connectivity index (χ4n) is 5.63. The van der Waals surface area contributed by atoms with E-state index in [4.69, 9.17) is 29.3 Å². The van der Waals surface area contributed by atoms with Crippen molar-refractivity contribution in [3.05, 3.63) is 101 Å². The molecule has 0 bridgehead atoms. The van der Waals surface area contributed by atoms with Gasteiger partial charge in [0.1, 0.15) is 5.75 Å². The van der Waals surface area contributed by atoms with Gasteiger partial charge in [-0.15, -0.1) is 0 Å². The van der Waals surface area contributed by atoms with Crippen LogP contribution in [0, 0.1) is 6.92 Å². The first-order valence-electron chi connectivity index (χ1n) is 15.8. The van der Waals surface area contributed by atoms with Gasteiger partial charge in [0.15, 0.2) is 0 Å². The van der Waals surface area contributed by atoms with E-state index in [9.17, 15) is 4.79 Å². The Bertz CT molecular complexity index is 1470. The van der Waals surface area contributed by atoms with Crippen LogP contribution >= 0.6 is 0 Å². The molecule has 47 heavy (non-hydrogen) atoms. The largest absolute Gasteiger partial charge is 0.473 e. The highest BCUT2D eigenvalue weighted by molar-refractivity contribution is 6.27. The lowest BCUT2D eigenvalue weighted by Crippen LogP contribution is -2.48. The molecule has 3 aromatic rings. The highest BCUT2D eigenvalue weighted by atomic mass is 16.7. The third-order valence-corrected chi connectivity index (χ3v) is 8.06. The second-order valence-corrected chi connectivity index (χ2v) is 11.9. The molecule has 5 rings (SSSR count). The molecule has 3 N–H and O–H groups in total. The van der Waals surface area contributed by atoms with Crippen molar-refractivity contribution in [1.82, 2.24) is 20.1 Å². The molecule has 0 spiro atoms. The lowest BCUT2D eigenvalue weighted by Gasteiger charge is -2.39. The van der Waals surface area contributed by atoms with Crippen molar-refractivity contribution in [1.29, 1.82) is 0 Å². The van der Waals surface area contributed by atoms with E-state index in [1.165, 1.54) is 11.1 Å². The SMILES string of the molecule is Cc1ncc(/C=C/C(=O)NCCCCN2CCN(C(c3ccccc3)c3ccccc3)CC2)c2c1OC(C)(C)OC2.O=C(O)C(=O)O. The number of carbonyl (C=O) groups is 3. The summed E-state index contributed by atoms with van der Waals surface area (Å²) < 4.78 is 11.8. The molecular weight excluding hydrogens is 600 g/mol. The third-order valence-electron chi connectivity index (χ3n) is 8.06. The topological polar surface area (TPSA) is 142 Å². The zero-order chi connectivity index (χ0) is 33.8. The van der Waals surface area contributed by atoms with Gasteiger partial charge in [-0.05, 0) is 43.5 Å². The lowest BCUT2D eigenvalue weighted by molar-refractivity contribution is -0.180. The molecule has 0 radical (unpaired) electrons. The number of aliphatic carboxylic acids is 2. The van der Waals surface area contributed by atoms with Crippen LogP contribution in [0.25, 0.3) is 6.08 Å². The molecule has 2 aliphatic rings. The van der Waals surface area contributed by atoms with E-state index < -0.39 is 17.7 Å². The number of hydrogen-bond donors (Lipinski definition) is 3. The first-order chi connectivity index (χ1) is 22.5. The Morgan fingerprint density at radius 1 is 0.936 bits per heavy atom. The van der Waals surface area contributed by atoms with Gasteiger partial charge in [0.2, 0.25) is 11.7 Å². The van der Waals surface area contributed by atoms with Crippen molar-refractivity contribution in [3.63, 3.8) is 0 Å². The fraction of sp³-hybridized carbons (Fsp3) is 0.389. The number of aromatic nitrogens is 1. The van der Waals surface area contributed by atoms with Crippen molar-refractivity contribution in [2.45, 2.75) is 52.0 Å². The van der Waals surface area contributed by atoms with Gasteiger partial charge in [-0.2, -0.15) is 0 Å². The fourth-order valence-corrected chi connectivity index (χ4v) is 5.63. The van der Waals surface area contributed by atoms with Gasteiger partial charge in [0.25, 0.3) is 0 Å². The number of amides is 1. The summed E-state index contributed by atoms with van der Waals surface area (Å²) in [6.45, 7) is 12.1. The molecule has 2 aliphatic heterocycles. The quantitative estimate of drug-likeness (QED) is 0.164. The number of carboxylic acid groups (broad SMARTS) is 2. The van der Waals surface area contributed by atoms with Crippen molar-refractivity contribution in [3.8, 4) is 5.75 Å². The summed E-state index contributed by atoms with van der Waals surface area (Å²) in [5.41, 5.74) is 5.30. The van der Waals surface area contributed by atoms with E-state index in [2.05, 4.69) is 80.8 Å². The number of nitrogens with zero attached hydrogens (tertiary/aromatic N) is 3. The number of carboxylic acids is 2. The van der Waals surface area contributed by atoms with Crippen LogP contribution in [-0.2, 0) is 25.7 Å². The summed E-state index contributed by atoms with van der Waals surface area (Å²) in [6, 6.07) is 21.9. The van der Waals surface area contributed by atoms with Gasteiger partial charge in [-0.1, -0.05) is 60.7 Å². The minimum atomic E-state index is -1.82. The molecule has 1 saturated heterocycles. The molecule has 11 heteroatoms. The van der Waals surface area contributed by atoms with Crippen LogP contribution in [0.4, 0.5) is 0 Å². The summed E-state index contributed by atoms with van der Waals surface area (Å²) in [6.07, 6.45) is 7.15. The zero-order valence-electron chi connectivity index (χ0n) is 27.2. The number of nitrogens with one attached hydrogen (secondary N) is 1. The average Bonchev–Trinajstić information content (AvgIpc) is 3.06. The summed E-state index contributed by atoms with van der Waals surface area (Å²) in [4.78, 5) is 40.2. The predicted molar refractivity (Wildman–Crippen MR) is 178 cm³/mol. The van der Waals surface area contributed by atoms with Gasteiger partial charge < -0.3 is 29.9 Å². The molecule has 0 aliphatic carbocycles. The number of pyridine rings is 1. The first kappa shape index (κ1) is 35.3. The Labute approximate surface area is 275 Å². The van der Waals surface area contributed by atoms with E-state index in [-0.39, 0.29) is 11.9 Å². The molecule has 0 atom stereocenters. The van der Waals surface area contributed by atoms with Crippen molar-refractivity contribution >= 4 is 23.9 Å². The third kappa shape index (κ3) is 10.5. The Kier molecular flexibility index (Phi) is 12.6. The predicted octanol–water partition coefficient (Wildman–Crippen LogP) is 4.51. The highest BCUT2D eigenvalue weighted by Gasteiger charge is 2.30. The Morgan fingerprint density at radius 3 is 2.11 bits per heavy atom. The van der Waals surface area contributed by atoms with Crippen LogP contribution in [0.5, 0.6) is 5.75 Å². The molecule has 0 unspecified atom stereocenters. The molecule has 250 valence electrons. The van der Waals surface area contributed by atoms with Crippen molar-refractivity contribution < 1.29 is 34.1 Å². The van der Waals surface area contributed by atoms with Crippen LogP contribution in [0.3, 0.4) is 0 Å². The molecule has 1 amide bonds. The van der Waals surface area contributed by atoms with Crippen LogP contribution in [0.15, 0.2) is 72.9 Å². The van der Waals surface area contributed by atoms with Crippen LogP contribution in [-0.4, -0.2) is 87.9 Å². The summed E-state index contributed by atoms with van der Waals surface area (Å²) in [7, 11) is 0. The number of carbonyl (C=O) groups excluding carboxylic acids is 1. The lowest BCUT2D eigenvalue weighted by atomic mass is 9.96. The van der Waals surface area contributed by atoms with Crippen LogP contribution < -0.4 is 10.1 Å². The number of unbranched alkanes of at least 4 members (excludes halogenated alkanes) is 1. The normalized spacial score (nSPS) is 16.1. The minimum Gasteiger partial charge on any atom is -0.473 e. The monoisotopic (exact) mass is 644 g/mol. The maximum atomic E-state index is 12.5. The number of rotatable bonds is 10. The number of benzene rings is 2. The Balaban J connectivity index is 0.000000762. The first-order valence-corrected chi connectivity index (χ1v) is 15.8. The molecule has 0 saturated carbocycles. The van der Waals surface area contributed by atoms with Gasteiger partial charge in [0.05, 0.1) is 18.3 Å². The Morgan fingerprint density at radius 2 is 1.53 bits per heavy atom. The van der Waals surface area contributed by atoms with Gasteiger partial charge in [-0.3, -0.25) is 14.7 Å². The summed E-state index contributed by atoms with van der Waals surface area (Å²) in [5.74, 6) is -3.68. The van der Waals surface area contributed by atoms with Crippen LogP contribution in [0.1, 0.15) is 60.7 Å². The molecule has 11 nitrogen and oxygen atoms in total. The number of aryl methyl sites for hydroxylation is 1. The molecule has 1 aromatic heterocycles.